The second kappa shape index (κ2) is 13.5. The van der Waals surface area contributed by atoms with Gasteiger partial charge in [0, 0.05) is 39.3 Å². The van der Waals surface area contributed by atoms with Gasteiger partial charge in [-0.15, -0.1) is 0 Å². The fourth-order valence-electron chi connectivity index (χ4n) is 7.97. The molecule has 5 heteroatoms. The molecule has 0 bridgehead atoms. The molecule has 1 N–H and O–H groups in total. The first kappa shape index (κ1) is 31.7. The number of para-hydroxylation sites is 2. The van der Waals surface area contributed by atoms with E-state index in [0.29, 0.717) is 5.84 Å². The molecule has 7 aromatic rings. The highest BCUT2D eigenvalue weighted by atomic mass is 16.5. The maximum absolute atomic E-state index is 7.01. The number of amidine groups is 2. The highest BCUT2D eigenvalue weighted by Crippen LogP contribution is 2.53. The minimum absolute atomic E-state index is 0.0708. The van der Waals surface area contributed by atoms with Gasteiger partial charge in [0.2, 0.25) is 0 Å². The lowest BCUT2D eigenvalue weighted by molar-refractivity contribution is 0.267. The summed E-state index contributed by atoms with van der Waals surface area (Å²) >= 11 is 0. The zero-order chi connectivity index (χ0) is 35.8. The Kier molecular flexibility index (Phi) is 7.95. The summed E-state index contributed by atoms with van der Waals surface area (Å²) in [5, 5.41) is 6.09. The second-order valence-corrected chi connectivity index (χ2v) is 13.7. The minimum atomic E-state index is -0.283. The molecular formula is C49H36N4O. The van der Waals surface area contributed by atoms with E-state index < -0.39 is 0 Å². The van der Waals surface area contributed by atoms with Crippen molar-refractivity contribution in [2.45, 2.75) is 18.2 Å². The van der Waals surface area contributed by atoms with E-state index in [1.54, 1.807) is 0 Å². The van der Waals surface area contributed by atoms with Crippen LogP contribution in [0.3, 0.4) is 0 Å². The van der Waals surface area contributed by atoms with Crippen molar-refractivity contribution in [3.63, 3.8) is 0 Å². The van der Waals surface area contributed by atoms with Crippen LogP contribution >= 0.6 is 0 Å². The number of benzene rings is 7. The van der Waals surface area contributed by atoms with Gasteiger partial charge in [-0.3, -0.25) is 0 Å². The Morgan fingerprint density at radius 3 is 1.91 bits per heavy atom. The predicted octanol–water partition coefficient (Wildman–Crippen LogP) is 11.5. The summed E-state index contributed by atoms with van der Waals surface area (Å²) in [5.74, 6) is 2.38. The first-order chi connectivity index (χ1) is 26.8. The average molecular weight is 697 g/mol. The molecule has 0 fully saturated rings. The Morgan fingerprint density at radius 1 is 0.593 bits per heavy atom. The van der Waals surface area contributed by atoms with E-state index in [2.05, 4.69) is 180 Å². The molecule has 3 unspecified atom stereocenters. The van der Waals surface area contributed by atoms with Crippen molar-refractivity contribution in [1.82, 2.24) is 5.32 Å². The quantitative estimate of drug-likeness (QED) is 0.180. The SMILES string of the molecule is C1=CC2Oc3c(-c4ccc(N(c5ccccc5)c5ccccc5)cc4)cc4ccccc4c3C2C(C2=NC(c3ccccc3)=NC(c3ccccc3)N2)=C1. The van der Waals surface area contributed by atoms with E-state index in [0.717, 1.165) is 56.5 Å². The zero-order valence-electron chi connectivity index (χ0n) is 29.5. The fourth-order valence-corrected chi connectivity index (χ4v) is 7.97. The van der Waals surface area contributed by atoms with E-state index in [1.807, 2.05) is 24.3 Å². The zero-order valence-corrected chi connectivity index (χ0v) is 29.5. The third kappa shape index (κ3) is 5.67. The average Bonchev–Trinajstić information content (AvgIpc) is 3.66. The van der Waals surface area contributed by atoms with Gasteiger partial charge in [-0.1, -0.05) is 146 Å². The van der Waals surface area contributed by atoms with E-state index in [1.165, 1.54) is 16.3 Å². The topological polar surface area (TPSA) is 49.2 Å². The summed E-state index contributed by atoms with van der Waals surface area (Å²) in [5.41, 5.74) is 9.82. The molecule has 0 aromatic heterocycles. The molecule has 0 spiro atoms. The molecule has 0 saturated heterocycles. The number of hydrogen-bond donors (Lipinski definition) is 1. The Balaban J connectivity index is 1.07. The van der Waals surface area contributed by atoms with E-state index >= 15 is 0 Å². The third-order valence-electron chi connectivity index (χ3n) is 10.5. The van der Waals surface area contributed by atoms with Crippen molar-refractivity contribution in [2.75, 3.05) is 4.90 Å². The largest absolute Gasteiger partial charge is 0.484 e. The molecule has 2 heterocycles. The third-order valence-corrected chi connectivity index (χ3v) is 10.5. The van der Waals surface area contributed by atoms with E-state index in [4.69, 9.17) is 14.7 Å². The monoisotopic (exact) mass is 696 g/mol. The summed E-state index contributed by atoms with van der Waals surface area (Å²) in [7, 11) is 0. The molecule has 258 valence electrons. The molecule has 1 aliphatic carbocycles. The number of fused-ring (bicyclic) bond motifs is 5. The molecule has 7 aromatic carbocycles. The van der Waals surface area contributed by atoms with Crippen LogP contribution < -0.4 is 15.0 Å². The molecule has 0 saturated carbocycles. The van der Waals surface area contributed by atoms with Crippen LogP contribution in [-0.4, -0.2) is 17.8 Å². The van der Waals surface area contributed by atoms with Crippen molar-refractivity contribution < 1.29 is 4.74 Å². The molecule has 0 radical (unpaired) electrons. The van der Waals surface area contributed by atoms with Crippen LogP contribution in [0, 0.1) is 0 Å². The summed E-state index contributed by atoms with van der Waals surface area (Å²) in [4.78, 5) is 12.6. The highest BCUT2D eigenvalue weighted by Gasteiger charge is 2.42. The summed E-state index contributed by atoms with van der Waals surface area (Å²) in [6, 6.07) is 61.4. The minimum Gasteiger partial charge on any atom is -0.484 e. The maximum atomic E-state index is 7.01. The Bertz CT molecular complexity index is 2560. The van der Waals surface area contributed by atoms with Gasteiger partial charge in [0.25, 0.3) is 0 Å². The fraction of sp³-hybridized carbons (Fsp3) is 0.0612. The lowest BCUT2D eigenvalue weighted by atomic mass is 9.80. The molecular weight excluding hydrogens is 661 g/mol. The highest BCUT2D eigenvalue weighted by molar-refractivity contribution is 6.14. The maximum Gasteiger partial charge on any atom is 0.159 e. The van der Waals surface area contributed by atoms with Crippen molar-refractivity contribution in [3.8, 4) is 16.9 Å². The van der Waals surface area contributed by atoms with Crippen molar-refractivity contribution in [3.05, 3.63) is 216 Å². The van der Waals surface area contributed by atoms with E-state index in [-0.39, 0.29) is 18.2 Å². The van der Waals surface area contributed by atoms with Gasteiger partial charge in [-0.05, 0) is 70.4 Å². The van der Waals surface area contributed by atoms with Crippen molar-refractivity contribution >= 4 is 39.5 Å². The molecule has 3 atom stereocenters. The molecule has 54 heavy (non-hydrogen) atoms. The summed E-state index contributed by atoms with van der Waals surface area (Å²) in [6.45, 7) is 0. The van der Waals surface area contributed by atoms with Crippen LogP contribution in [0.4, 0.5) is 17.1 Å². The smallest absolute Gasteiger partial charge is 0.159 e. The molecule has 10 rings (SSSR count). The standard InChI is InChI=1S/C49H36N4O/c1-5-16-34(17-6-1)47-50-48(35-18-7-2-8-19-35)52-49(51-47)41-26-15-27-43-44(41)45-40-25-14-13-20-36(40)32-42(46(45)54-43)33-28-30-39(31-29-33)53(37-21-9-3-10-22-37)38-23-11-4-12-24-38/h1-32,43-44,47H,(H,50,51,52). The van der Waals surface area contributed by atoms with Gasteiger partial charge < -0.3 is 15.0 Å². The van der Waals surface area contributed by atoms with E-state index in [9.17, 15) is 0 Å². The number of aliphatic imine (C=N–C) groups is 2. The Hall–Kier alpha value is -6.98. The number of nitrogens with zero attached hydrogens (tertiary/aromatic N) is 3. The van der Waals surface area contributed by atoms with Crippen LogP contribution in [0.25, 0.3) is 21.9 Å². The second-order valence-electron chi connectivity index (χ2n) is 13.7. The molecule has 2 aliphatic heterocycles. The van der Waals surface area contributed by atoms with Crippen LogP contribution in [0.1, 0.15) is 28.8 Å². The number of allylic oxidation sites excluding steroid dienone is 2. The lowest BCUT2D eigenvalue weighted by Gasteiger charge is -2.29. The Labute approximate surface area is 315 Å². The molecule has 3 aliphatic rings. The van der Waals surface area contributed by atoms with Gasteiger partial charge in [-0.2, -0.15) is 0 Å². The van der Waals surface area contributed by atoms with Gasteiger partial charge in [-0.25, -0.2) is 9.98 Å². The Morgan fingerprint density at radius 2 is 1.20 bits per heavy atom. The van der Waals surface area contributed by atoms with Gasteiger partial charge in [0.15, 0.2) is 5.84 Å². The number of hydrogen-bond acceptors (Lipinski definition) is 5. The lowest BCUT2D eigenvalue weighted by Crippen LogP contribution is -2.37. The normalized spacial score (nSPS) is 18.4. The number of anilines is 3. The van der Waals surface area contributed by atoms with Crippen LogP contribution in [0.5, 0.6) is 5.75 Å². The number of nitrogens with one attached hydrogen (secondary N) is 1. The van der Waals surface area contributed by atoms with Crippen molar-refractivity contribution in [2.24, 2.45) is 9.98 Å². The van der Waals surface area contributed by atoms with Gasteiger partial charge >= 0.3 is 0 Å². The first-order valence-corrected chi connectivity index (χ1v) is 18.4. The summed E-state index contributed by atoms with van der Waals surface area (Å²) in [6.07, 6.45) is 6.01. The first-order valence-electron chi connectivity index (χ1n) is 18.4. The molecule has 5 nitrogen and oxygen atoms in total. The summed E-state index contributed by atoms with van der Waals surface area (Å²) < 4.78 is 7.01. The van der Waals surface area contributed by atoms with Crippen LogP contribution in [0.15, 0.2) is 210 Å². The van der Waals surface area contributed by atoms with Crippen molar-refractivity contribution in [1.29, 1.82) is 0 Å². The number of rotatable bonds is 7. The van der Waals surface area contributed by atoms with Gasteiger partial charge in [0.05, 0.1) is 5.92 Å². The van der Waals surface area contributed by atoms with Crippen LogP contribution in [0.2, 0.25) is 0 Å². The van der Waals surface area contributed by atoms with Gasteiger partial charge in [0.1, 0.15) is 23.9 Å². The molecule has 0 amide bonds. The van der Waals surface area contributed by atoms with Crippen LogP contribution in [-0.2, 0) is 0 Å². The number of ether oxygens (including phenoxy) is 1. The predicted molar refractivity (Wildman–Crippen MR) is 221 cm³/mol.